The number of thiazole rings is 1. The predicted molar refractivity (Wildman–Crippen MR) is 126 cm³/mol. The van der Waals surface area contributed by atoms with Crippen LogP contribution >= 0.6 is 11.3 Å². The highest BCUT2D eigenvalue weighted by molar-refractivity contribution is 7.07. The molecule has 7 heteroatoms. The minimum absolute atomic E-state index is 0.0365. The first-order valence-electron chi connectivity index (χ1n) is 9.96. The Morgan fingerprint density at radius 1 is 1.23 bits per heavy atom. The number of carbonyl (C=O) groups is 1. The molecule has 0 unspecified atom stereocenters. The van der Waals surface area contributed by atoms with Gasteiger partial charge in [0.1, 0.15) is 5.75 Å². The fourth-order valence-corrected chi connectivity index (χ4v) is 3.98. The Bertz CT molecular complexity index is 1250. The monoisotopic (exact) mass is 432 g/mol. The van der Waals surface area contributed by atoms with E-state index in [4.69, 9.17) is 14.8 Å². The third kappa shape index (κ3) is 4.67. The SMILES string of the molecule is C=C(C)CN=c1scc(-c2ccc3c(c2)NC(=O)CO3)n1N=C(C)c1ccc(C)cc1. The summed E-state index contributed by atoms with van der Waals surface area (Å²) in [7, 11) is 0. The summed E-state index contributed by atoms with van der Waals surface area (Å²) in [6.07, 6.45) is 0. The van der Waals surface area contributed by atoms with Crippen molar-refractivity contribution >= 4 is 28.6 Å². The number of benzene rings is 2. The van der Waals surface area contributed by atoms with Crippen LogP contribution in [0.5, 0.6) is 5.75 Å². The van der Waals surface area contributed by atoms with Crippen molar-refractivity contribution in [3.8, 4) is 17.0 Å². The molecular weight excluding hydrogens is 408 g/mol. The van der Waals surface area contributed by atoms with Crippen molar-refractivity contribution in [3.63, 3.8) is 0 Å². The molecule has 0 aliphatic carbocycles. The van der Waals surface area contributed by atoms with E-state index < -0.39 is 0 Å². The second-order valence-electron chi connectivity index (χ2n) is 7.59. The van der Waals surface area contributed by atoms with Crippen LogP contribution in [0, 0.1) is 6.92 Å². The lowest BCUT2D eigenvalue weighted by molar-refractivity contribution is -0.118. The highest BCUT2D eigenvalue weighted by Crippen LogP contribution is 2.33. The molecule has 1 amide bonds. The van der Waals surface area contributed by atoms with E-state index >= 15 is 0 Å². The van der Waals surface area contributed by atoms with Crippen LogP contribution in [-0.4, -0.2) is 29.4 Å². The highest BCUT2D eigenvalue weighted by Gasteiger charge is 2.18. The molecule has 1 aromatic heterocycles. The number of aromatic nitrogens is 1. The minimum atomic E-state index is -0.159. The van der Waals surface area contributed by atoms with Crippen LogP contribution in [0.4, 0.5) is 5.69 Å². The molecule has 1 aliphatic heterocycles. The molecule has 0 radical (unpaired) electrons. The van der Waals surface area contributed by atoms with E-state index in [1.54, 1.807) is 0 Å². The smallest absolute Gasteiger partial charge is 0.262 e. The summed E-state index contributed by atoms with van der Waals surface area (Å²) < 4.78 is 7.34. The van der Waals surface area contributed by atoms with E-state index in [0.717, 1.165) is 32.9 Å². The number of ether oxygens (including phenoxy) is 1. The number of fused-ring (bicyclic) bond motifs is 1. The molecule has 0 bridgehead atoms. The molecule has 0 saturated carbocycles. The van der Waals surface area contributed by atoms with E-state index in [0.29, 0.717) is 18.0 Å². The summed E-state index contributed by atoms with van der Waals surface area (Å²) >= 11 is 1.52. The molecule has 6 nitrogen and oxygen atoms in total. The Kier molecular flexibility index (Phi) is 5.86. The molecule has 4 rings (SSSR count). The van der Waals surface area contributed by atoms with Gasteiger partial charge in [0.25, 0.3) is 5.91 Å². The highest BCUT2D eigenvalue weighted by atomic mass is 32.1. The van der Waals surface area contributed by atoms with Crippen LogP contribution in [0.2, 0.25) is 0 Å². The fourth-order valence-electron chi connectivity index (χ4n) is 3.15. The zero-order chi connectivity index (χ0) is 22.0. The van der Waals surface area contributed by atoms with Crippen molar-refractivity contribution in [2.75, 3.05) is 18.5 Å². The van der Waals surface area contributed by atoms with Gasteiger partial charge < -0.3 is 10.1 Å². The normalized spacial score (nSPS) is 14.1. The molecule has 0 spiro atoms. The molecule has 31 heavy (non-hydrogen) atoms. The van der Waals surface area contributed by atoms with Crippen molar-refractivity contribution in [2.24, 2.45) is 10.1 Å². The quantitative estimate of drug-likeness (QED) is 0.473. The number of rotatable bonds is 5. The van der Waals surface area contributed by atoms with E-state index in [2.05, 4.69) is 43.1 Å². The van der Waals surface area contributed by atoms with Gasteiger partial charge in [0.05, 0.1) is 23.6 Å². The first kappa shape index (κ1) is 20.8. The molecule has 158 valence electrons. The lowest BCUT2D eigenvalue weighted by atomic mass is 10.1. The molecule has 0 fully saturated rings. The summed E-state index contributed by atoms with van der Waals surface area (Å²) in [5.74, 6) is 0.505. The Balaban J connectivity index is 1.82. The number of hydrogen-bond donors (Lipinski definition) is 1. The number of amides is 1. The van der Waals surface area contributed by atoms with Crippen molar-refractivity contribution in [1.82, 2.24) is 4.68 Å². The Hall–Kier alpha value is -3.45. The van der Waals surface area contributed by atoms with Gasteiger partial charge in [-0.15, -0.1) is 11.3 Å². The number of carbonyl (C=O) groups excluding carboxylic acids is 1. The number of hydrogen-bond acceptors (Lipinski definition) is 5. The molecule has 2 heterocycles. The summed E-state index contributed by atoms with van der Waals surface area (Å²) in [6.45, 7) is 10.5. The summed E-state index contributed by atoms with van der Waals surface area (Å²) in [5.41, 5.74) is 6.58. The van der Waals surface area contributed by atoms with Gasteiger partial charge in [0.15, 0.2) is 6.61 Å². The van der Waals surface area contributed by atoms with Gasteiger partial charge in [-0.25, -0.2) is 4.68 Å². The number of nitrogens with one attached hydrogen (secondary N) is 1. The Morgan fingerprint density at radius 2 is 2.00 bits per heavy atom. The van der Waals surface area contributed by atoms with Crippen molar-refractivity contribution in [2.45, 2.75) is 20.8 Å². The van der Waals surface area contributed by atoms with Gasteiger partial charge in [-0.1, -0.05) is 42.0 Å². The Labute approximate surface area is 185 Å². The molecule has 1 N–H and O–H groups in total. The molecule has 0 saturated heterocycles. The standard InChI is InChI=1S/C24H24N4O2S/c1-15(2)12-25-24-28(27-17(4)18-7-5-16(3)6-8-18)21(14-31-24)19-9-10-22-20(11-19)26-23(29)13-30-22/h5-11,14H,1,12-13H2,2-4H3,(H,26,29). The molecule has 2 aromatic carbocycles. The first-order valence-corrected chi connectivity index (χ1v) is 10.8. The maximum absolute atomic E-state index is 11.7. The van der Waals surface area contributed by atoms with Crippen LogP contribution in [-0.2, 0) is 4.79 Å². The van der Waals surface area contributed by atoms with Crippen LogP contribution < -0.4 is 14.9 Å². The van der Waals surface area contributed by atoms with Gasteiger partial charge >= 0.3 is 0 Å². The maximum atomic E-state index is 11.7. The second kappa shape index (κ2) is 8.73. The first-order chi connectivity index (χ1) is 14.9. The lowest BCUT2D eigenvalue weighted by Crippen LogP contribution is -2.25. The molecular formula is C24H24N4O2S. The van der Waals surface area contributed by atoms with Crippen molar-refractivity contribution in [3.05, 3.63) is 75.9 Å². The lowest BCUT2D eigenvalue weighted by Gasteiger charge is -2.18. The second-order valence-corrected chi connectivity index (χ2v) is 8.42. The number of nitrogens with zero attached hydrogens (tertiary/aromatic N) is 3. The van der Waals surface area contributed by atoms with Crippen LogP contribution in [0.1, 0.15) is 25.0 Å². The van der Waals surface area contributed by atoms with Crippen molar-refractivity contribution < 1.29 is 9.53 Å². The topological polar surface area (TPSA) is 68.0 Å². The van der Waals surface area contributed by atoms with Crippen LogP contribution in [0.3, 0.4) is 0 Å². The third-order valence-electron chi connectivity index (χ3n) is 4.80. The molecule has 3 aromatic rings. The summed E-state index contributed by atoms with van der Waals surface area (Å²) in [5, 5.41) is 9.79. The third-order valence-corrected chi connectivity index (χ3v) is 5.65. The average Bonchev–Trinajstić information content (AvgIpc) is 3.14. The van der Waals surface area contributed by atoms with E-state index in [-0.39, 0.29) is 12.5 Å². The van der Waals surface area contributed by atoms with Crippen molar-refractivity contribution in [1.29, 1.82) is 0 Å². The number of anilines is 1. The van der Waals surface area contributed by atoms with Crippen LogP contribution in [0.15, 0.2) is 70.1 Å². The van der Waals surface area contributed by atoms with Gasteiger partial charge in [0.2, 0.25) is 4.80 Å². The fraction of sp³-hybridized carbons (Fsp3) is 0.208. The zero-order valence-electron chi connectivity index (χ0n) is 17.8. The van der Waals surface area contributed by atoms with Gasteiger partial charge in [-0.05, 0) is 44.5 Å². The van der Waals surface area contributed by atoms with E-state index in [9.17, 15) is 4.79 Å². The van der Waals surface area contributed by atoms with Crippen LogP contribution in [0.25, 0.3) is 11.3 Å². The van der Waals surface area contributed by atoms with Gasteiger partial charge in [-0.3, -0.25) is 9.79 Å². The minimum Gasteiger partial charge on any atom is -0.482 e. The van der Waals surface area contributed by atoms with Gasteiger partial charge in [0, 0.05) is 10.9 Å². The largest absolute Gasteiger partial charge is 0.482 e. The predicted octanol–water partition coefficient (Wildman–Crippen LogP) is 4.61. The van der Waals surface area contributed by atoms with E-state index in [1.807, 2.05) is 42.1 Å². The summed E-state index contributed by atoms with van der Waals surface area (Å²) in [6, 6.07) is 14.0. The Morgan fingerprint density at radius 3 is 2.74 bits per heavy atom. The average molecular weight is 433 g/mol. The van der Waals surface area contributed by atoms with Gasteiger partial charge in [-0.2, -0.15) is 5.10 Å². The molecule has 1 aliphatic rings. The summed E-state index contributed by atoms with van der Waals surface area (Å²) in [4.78, 5) is 17.2. The molecule has 0 atom stereocenters. The van der Waals surface area contributed by atoms with E-state index in [1.165, 1.54) is 16.9 Å². The number of aryl methyl sites for hydroxylation is 1. The maximum Gasteiger partial charge on any atom is 0.262 e. The zero-order valence-corrected chi connectivity index (χ0v) is 18.6.